The summed E-state index contributed by atoms with van der Waals surface area (Å²) in [6.07, 6.45) is -4.44. The Balaban J connectivity index is 3.13. The topological polar surface area (TPSA) is 26.0 Å². The van der Waals surface area contributed by atoms with Crippen LogP contribution < -0.4 is 5.73 Å². The fourth-order valence-corrected chi connectivity index (χ4v) is 1.42. The van der Waals surface area contributed by atoms with Crippen LogP contribution in [0.3, 0.4) is 0 Å². The molecule has 0 aliphatic carbocycles. The largest absolute Gasteiger partial charge is 0.396 e. The minimum absolute atomic E-state index is 0.123. The lowest BCUT2D eigenvalue weighted by atomic mass is 9.97. The Morgan fingerprint density at radius 2 is 1.87 bits per heavy atom. The summed E-state index contributed by atoms with van der Waals surface area (Å²) in [6, 6.07) is 3.35. The first-order chi connectivity index (χ1) is 6.84. The SMILES string of the molecule is Cc1cc(F)cc(C(CN)C(F)(F)F)c1. The van der Waals surface area contributed by atoms with Crippen molar-refractivity contribution < 1.29 is 17.6 Å². The lowest BCUT2D eigenvalue weighted by Gasteiger charge is -2.19. The van der Waals surface area contributed by atoms with Gasteiger partial charge in [-0.25, -0.2) is 4.39 Å². The highest BCUT2D eigenvalue weighted by Gasteiger charge is 2.39. The molecule has 0 fully saturated rings. The summed E-state index contributed by atoms with van der Waals surface area (Å²) in [4.78, 5) is 0. The lowest BCUT2D eigenvalue weighted by molar-refractivity contribution is -0.148. The van der Waals surface area contributed by atoms with E-state index < -0.39 is 24.5 Å². The maximum atomic E-state index is 12.9. The van der Waals surface area contributed by atoms with E-state index in [9.17, 15) is 17.6 Å². The van der Waals surface area contributed by atoms with Crippen LogP contribution in [0, 0.1) is 12.7 Å². The molecule has 0 aromatic heterocycles. The number of hydrogen-bond acceptors (Lipinski definition) is 1. The number of aryl methyl sites for hydroxylation is 1. The third-order valence-electron chi connectivity index (χ3n) is 2.10. The molecule has 0 amide bonds. The maximum absolute atomic E-state index is 12.9. The zero-order valence-electron chi connectivity index (χ0n) is 8.11. The molecule has 1 nitrogen and oxygen atoms in total. The molecule has 0 heterocycles. The summed E-state index contributed by atoms with van der Waals surface area (Å²) >= 11 is 0. The molecule has 1 atom stereocenters. The maximum Gasteiger partial charge on any atom is 0.396 e. The molecule has 84 valence electrons. The van der Waals surface area contributed by atoms with Gasteiger partial charge in [0, 0.05) is 6.54 Å². The molecular formula is C10H11F4N. The zero-order valence-corrected chi connectivity index (χ0v) is 8.11. The van der Waals surface area contributed by atoms with Gasteiger partial charge in [0.25, 0.3) is 0 Å². The minimum Gasteiger partial charge on any atom is -0.330 e. The van der Waals surface area contributed by atoms with Crippen molar-refractivity contribution >= 4 is 0 Å². The highest BCUT2D eigenvalue weighted by molar-refractivity contribution is 5.27. The highest BCUT2D eigenvalue weighted by Crippen LogP contribution is 2.34. The van der Waals surface area contributed by atoms with Crippen molar-refractivity contribution in [1.82, 2.24) is 0 Å². The van der Waals surface area contributed by atoms with Crippen LogP contribution in [0.15, 0.2) is 18.2 Å². The van der Waals surface area contributed by atoms with Gasteiger partial charge in [-0.05, 0) is 30.2 Å². The summed E-state index contributed by atoms with van der Waals surface area (Å²) in [7, 11) is 0. The molecule has 2 N–H and O–H groups in total. The van der Waals surface area contributed by atoms with Gasteiger partial charge in [-0.2, -0.15) is 13.2 Å². The van der Waals surface area contributed by atoms with E-state index in [1.54, 1.807) is 0 Å². The van der Waals surface area contributed by atoms with Crippen molar-refractivity contribution in [3.05, 3.63) is 35.1 Å². The van der Waals surface area contributed by atoms with E-state index >= 15 is 0 Å². The van der Waals surface area contributed by atoms with Gasteiger partial charge in [-0.1, -0.05) is 6.07 Å². The summed E-state index contributed by atoms with van der Waals surface area (Å²) in [5.41, 5.74) is 5.38. The van der Waals surface area contributed by atoms with E-state index in [-0.39, 0.29) is 5.56 Å². The van der Waals surface area contributed by atoms with E-state index in [0.29, 0.717) is 5.56 Å². The van der Waals surface area contributed by atoms with Gasteiger partial charge in [0.05, 0.1) is 5.92 Å². The number of benzene rings is 1. The molecule has 0 aliphatic heterocycles. The Hall–Kier alpha value is -1.10. The molecular weight excluding hydrogens is 210 g/mol. The second-order valence-electron chi connectivity index (χ2n) is 3.39. The molecule has 15 heavy (non-hydrogen) atoms. The molecule has 0 saturated carbocycles. The van der Waals surface area contributed by atoms with E-state index in [2.05, 4.69) is 0 Å². The first-order valence-electron chi connectivity index (χ1n) is 4.38. The molecule has 5 heteroatoms. The first-order valence-corrected chi connectivity index (χ1v) is 4.38. The summed E-state index contributed by atoms with van der Waals surface area (Å²) in [6.45, 7) is 0.961. The summed E-state index contributed by atoms with van der Waals surface area (Å²) in [5.74, 6) is -2.47. The van der Waals surface area contributed by atoms with Crippen LogP contribution in [0.1, 0.15) is 17.0 Å². The first kappa shape index (κ1) is 12.0. The van der Waals surface area contributed by atoms with Crippen molar-refractivity contribution in [3.8, 4) is 0 Å². The molecule has 1 rings (SSSR count). The number of rotatable bonds is 2. The molecule has 0 spiro atoms. The van der Waals surface area contributed by atoms with Crippen LogP contribution in [0.5, 0.6) is 0 Å². The lowest BCUT2D eigenvalue weighted by Crippen LogP contribution is -2.28. The molecule has 0 aliphatic rings. The van der Waals surface area contributed by atoms with Gasteiger partial charge in [0.2, 0.25) is 0 Å². The number of alkyl halides is 3. The number of halogens is 4. The molecule has 0 radical (unpaired) electrons. The van der Waals surface area contributed by atoms with Crippen molar-refractivity contribution in [2.45, 2.75) is 19.0 Å². The summed E-state index contributed by atoms with van der Waals surface area (Å²) < 4.78 is 50.3. The van der Waals surface area contributed by atoms with Crippen LogP contribution >= 0.6 is 0 Å². The molecule has 1 aromatic rings. The third-order valence-corrected chi connectivity index (χ3v) is 2.10. The highest BCUT2D eigenvalue weighted by atomic mass is 19.4. The Morgan fingerprint density at radius 1 is 1.27 bits per heavy atom. The van der Waals surface area contributed by atoms with Crippen LogP contribution in [0.4, 0.5) is 17.6 Å². The van der Waals surface area contributed by atoms with Gasteiger partial charge in [-0.3, -0.25) is 0 Å². The molecule has 1 aromatic carbocycles. The van der Waals surface area contributed by atoms with Gasteiger partial charge in [-0.15, -0.1) is 0 Å². The predicted octanol–water partition coefficient (Wildman–Crippen LogP) is 2.74. The second-order valence-corrected chi connectivity index (χ2v) is 3.39. The molecule has 1 unspecified atom stereocenters. The zero-order chi connectivity index (χ0) is 11.6. The standard InChI is InChI=1S/C10H11F4N/c1-6-2-7(4-8(11)3-6)9(5-15)10(12,13)14/h2-4,9H,5,15H2,1H3. The normalized spacial score (nSPS) is 14.0. The summed E-state index contributed by atoms with van der Waals surface area (Å²) in [5, 5.41) is 0. The van der Waals surface area contributed by atoms with Crippen LogP contribution in [-0.2, 0) is 0 Å². The fourth-order valence-electron chi connectivity index (χ4n) is 1.42. The fraction of sp³-hybridized carbons (Fsp3) is 0.400. The van der Waals surface area contributed by atoms with E-state index in [1.165, 1.54) is 19.1 Å². The van der Waals surface area contributed by atoms with Gasteiger partial charge in [0.15, 0.2) is 0 Å². The monoisotopic (exact) mass is 221 g/mol. The Labute approximate surface area is 84.9 Å². The van der Waals surface area contributed by atoms with Crippen LogP contribution in [0.2, 0.25) is 0 Å². The number of nitrogens with two attached hydrogens (primary N) is 1. The second kappa shape index (κ2) is 4.18. The van der Waals surface area contributed by atoms with Crippen LogP contribution in [0.25, 0.3) is 0 Å². The van der Waals surface area contributed by atoms with Crippen molar-refractivity contribution in [1.29, 1.82) is 0 Å². The van der Waals surface area contributed by atoms with Crippen molar-refractivity contribution in [2.75, 3.05) is 6.54 Å². The molecule has 0 bridgehead atoms. The quantitative estimate of drug-likeness (QED) is 0.763. The minimum atomic E-state index is -4.44. The smallest absolute Gasteiger partial charge is 0.330 e. The van der Waals surface area contributed by atoms with Gasteiger partial charge >= 0.3 is 6.18 Å². The Morgan fingerprint density at radius 3 is 2.27 bits per heavy atom. The third kappa shape index (κ3) is 2.92. The van der Waals surface area contributed by atoms with Gasteiger partial charge < -0.3 is 5.73 Å². The van der Waals surface area contributed by atoms with E-state index in [4.69, 9.17) is 5.73 Å². The molecule has 0 saturated heterocycles. The Bertz CT molecular complexity index is 326. The van der Waals surface area contributed by atoms with E-state index in [1.807, 2.05) is 0 Å². The number of hydrogen-bond donors (Lipinski definition) is 1. The van der Waals surface area contributed by atoms with Crippen molar-refractivity contribution in [3.63, 3.8) is 0 Å². The average Bonchev–Trinajstić information content (AvgIpc) is 1.99. The predicted molar refractivity (Wildman–Crippen MR) is 49.0 cm³/mol. The Kier molecular flexibility index (Phi) is 3.34. The van der Waals surface area contributed by atoms with Crippen molar-refractivity contribution in [2.24, 2.45) is 5.73 Å². The van der Waals surface area contributed by atoms with E-state index in [0.717, 1.165) is 6.07 Å². The van der Waals surface area contributed by atoms with Crippen LogP contribution in [-0.4, -0.2) is 12.7 Å². The van der Waals surface area contributed by atoms with Gasteiger partial charge in [0.1, 0.15) is 5.82 Å². The average molecular weight is 221 g/mol.